The first-order valence-electron chi connectivity index (χ1n) is 6.35. The van der Waals surface area contributed by atoms with E-state index >= 15 is 0 Å². The topological polar surface area (TPSA) is 72.5 Å². The average molecular weight is 287 g/mol. The third kappa shape index (κ3) is 2.91. The van der Waals surface area contributed by atoms with Gasteiger partial charge in [0.05, 0.1) is 10.7 Å². The third-order valence-corrected chi connectivity index (χ3v) is 4.06. The van der Waals surface area contributed by atoms with Crippen LogP contribution in [0.25, 0.3) is 0 Å². The molecule has 0 aliphatic carbocycles. The first-order chi connectivity index (χ1) is 9.04. The van der Waals surface area contributed by atoms with Gasteiger partial charge in [-0.1, -0.05) is 11.6 Å². The van der Waals surface area contributed by atoms with Gasteiger partial charge in [-0.3, -0.25) is 14.8 Å². The largest absolute Gasteiger partial charge is 0.396 e. The van der Waals surface area contributed by atoms with Crippen molar-refractivity contribution < 1.29 is 9.90 Å². The molecule has 0 saturated carbocycles. The highest BCUT2D eigenvalue weighted by molar-refractivity contribution is 6.34. The standard InChI is InChI=1S/C12H19ClN4O2/c1-8-10(13)11(15-14-8)12(19)17-5-4-16(2)9(7-17)3-6-18/h9,18H,3-7H2,1-2H3,(H,14,15)/t9-/m1/s1. The minimum absolute atomic E-state index is 0.124. The van der Waals surface area contributed by atoms with Crippen LogP contribution in [0.4, 0.5) is 0 Å². The monoisotopic (exact) mass is 286 g/mol. The highest BCUT2D eigenvalue weighted by atomic mass is 35.5. The van der Waals surface area contributed by atoms with Gasteiger partial charge < -0.3 is 10.0 Å². The molecule has 7 heteroatoms. The number of aromatic nitrogens is 2. The van der Waals surface area contributed by atoms with E-state index in [1.165, 1.54) is 0 Å². The lowest BCUT2D eigenvalue weighted by atomic mass is 10.1. The second-order valence-corrected chi connectivity index (χ2v) is 5.29. The van der Waals surface area contributed by atoms with Gasteiger partial charge >= 0.3 is 0 Å². The van der Waals surface area contributed by atoms with Crippen LogP contribution >= 0.6 is 11.6 Å². The fourth-order valence-corrected chi connectivity index (χ4v) is 2.46. The van der Waals surface area contributed by atoms with Crippen LogP contribution in [0.5, 0.6) is 0 Å². The summed E-state index contributed by atoms with van der Waals surface area (Å²) in [6.45, 7) is 3.94. The van der Waals surface area contributed by atoms with Gasteiger partial charge in [0.1, 0.15) is 0 Å². The van der Waals surface area contributed by atoms with E-state index < -0.39 is 0 Å². The lowest BCUT2D eigenvalue weighted by molar-refractivity contribution is 0.0495. The van der Waals surface area contributed by atoms with E-state index in [4.69, 9.17) is 16.7 Å². The Morgan fingerprint density at radius 1 is 1.58 bits per heavy atom. The number of hydrogen-bond acceptors (Lipinski definition) is 4. The zero-order valence-corrected chi connectivity index (χ0v) is 11.9. The number of aromatic amines is 1. The molecule has 106 valence electrons. The summed E-state index contributed by atoms with van der Waals surface area (Å²) in [6, 6.07) is 0.182. The number of hydrogen-bond donors (Lipinski definition) is 2. The number of halogens is 1. The number of aliphatic hydroxyl groups excluding tert-OH is 1. The van der Waals surface area contributed by atoms with Gasteiger partial charge in [-0.15, -0.1) is 0 Å². The number of carbonyl (C=O) groups excluding carboxylic acids is 1. The molecular weight excluding hydrogens is 268 g/mol. The van der Waals surface area contributed by atoms with Crippen molar-refractivity contribution in [2.24, 2.45) is 0 Å². The predicted octanol–water partition coefficient (Wildman–Crippen LogP) is 0.510. The van der Waals surface area contributed by atoms with Crippen LogP contribution in [0.2, 0.25) is 5.02 Å². The summed E-state index contributed by atoms with van der Waals surface area (Å²) in [7, 11) is 2.01. The molecule has 1 fully saturated rings. The summed E-state index contributed by atoms with van der Waals surface area (Å²) in [5.74, 6) is -0.148. The molecule has 0 radical (unpaired) electrons. The molecule has 1 saturated heterocycles. The van der Waals surface area contributed by atoms with Gasteiger partial charge in [0.2, 0.25) is 0 Å². The fraction of sp³-hybridized carbons (Fsp3) is 0.667. The molecular formula is C12H19ClN4O2. The van der Waals surface area contributed by atoms with Crippen LogP contribution in [0.1, 0.15) is 22.6 Å². The molecule has 1 amide bonds. The smallest absolute Gasteiger partial charge is 0.276 e. The molecule has 2 N–H and O–H groups in total. The van der Waals surface area contributed by atoms with Crippen molar-refractivity contribution in [3.05, 3.63) is 16.4 Å². The van der Waals surface area contributed by atoms with Gasteiger partial charge in [-0.2, -0.15) is 5.10 Å². The molecule has 1 aromatic heterocycles. The second-order valence-electron chi connectivity index (χ2n) is 4.91. The SMILES string of the molecule is Cc1[nH]nc(C(=O)N2CCN(C)[C@H](CCO)C2)c1Cl. The van der Waals surface area contributed by atoms with Crippen molar-refractivity contribution in [3.8, 4) is 0 Å². The Balaban J connectivity index is 2.09. The Bertz CT molecular complexity index is 463. The summed E-state index contributed by atoms with van der Waals surface area (Å²) < 4.78 is 0. The maximum absolute atomic E-state index is 12.4. The molecule has 1 aliphatic rings. The number of rotatable bonds is 3. The number of likely N-dealkylation sites (N-methyl/N-ethyl adjacent to an activating group) is 1. The minimum atomic E-state index is -0.148. The van der Waals surface area contributed by atoms with Crippen molar-refractivity contribution in [2.75, 3.05) is 33.3 Å². The highest BCUT2D eigenvalue weighted by Gasteiger charge is 2.29. The first-order valence-corrected chi connectivity index (χ1v) is 6.73. The van der Waals surface area contributed by atoms with Crippen LogP contribution in [0.15, 0.2) is 0 Å². The number of aliphatic hydroxyl groups is 1. The van der Waals surface area contributed by atoms with Gasteiger partial charge in [-0.05, 0) is 20.4 Å². The van der Waals surface area contributed by atoms with E-state index in [1.807, 2.05) is 7.05 Å². The maximum Gasteiger partial charge on any atom is 0.276 e. The van der Waals surface area contributed by atoms with Crippen molar-refractivity contribution >= 4 is 17.5 Å². The molecule has 6 nitrogen and oxygen atoms in total. The zero-order valence-electron chi connectivity index (χ0n) is 11.2. The Labute approximate surface area is 117 Å². The van der Waals surface area contributed by atoms with Crippen molar-refractivity contribution in [1.82, 2.24) is 20.0 Å². The molecule has 1 atom stereocenters. The zero-order chi connectivity index (χ0) is 14.0. The number of nitrogens with one attached hydrogen (secondary N) is 1. The summed E-state index contributed by atoms with van der Waals surface area (Å²) in [5.41, 5.74) is 0.984. The molecule has 0 unspecified atom stereocenters. The highest BCUT2D eigenvalue weighted by Crippen LogP contribution is 2.20. The summed E-state index contributed by atoms with van der Waals surface area (Å²) in [4.78, 5) is 16.3. The Morgan fingerprint density at radius 3 is 2.89 bits per heavy atom. The van der Waals surface area contributed by atoms with Crippen molar-refractivity contribution in [3.63, 3.8) is 0 Å². The Hall–Kier alpha value is -1.11. The third-order valence-electron chi connectivity index (χ3n) is 3.60. The van der Waals surface area contributed by atoms with E-state index in [2.05, 4.69) is 15.1 Å². The summed E-state index contributed by atoms with van der Waals surface area (Å²) in [5, 5.41) is 16.1. The molecule has 2 heterocycles. The fourth-order valence-electron chi connectivity index (χ4n) is 2.30. The number of carbonyl (C=O) groups is 1. The van der Waals surface area contributed by atoms with E-state index in [0.29, 0.717) is 30.2 Å². The van der Waals surface area contributed by atoms with Crippen molar-refractivity contribution in [2.45, 2.75) is 19.4 Å². The lowest BCUT2D eigenvalue weighted by Gasteiger charge is -2.39. The van der Waals surface area contributed by atoms with Crippen LogP contribution < -0.4 is 0 Å². The van der Waals surface area contributed by atoms with E-state index in [0.717, 1.165) is 6.54 Å². The summed E-state index contributed by atoms with van der Waals surface area (Å²) in [6.07, 6.45) is 0.660. The molecule has 2 rings (SSSR count). The normalized spacial score (nSPS) is 20.8. The van der Waals surface area contributed by atoms with Crippen LogP contribution in [-0.4, -0.2) is 70.3 Å². The maximum atomic E-state index is 12.4. The Morgan fingerprint density at radius 2 is 2.32 bits per heavy atom. The molecule has 19 heavy (non-hydrogen) atoms. The molecule has 1 aliphatic heterocycles. The quantitative estimate of drug-likeness (QED) is 0.849. The average Bonchev–Trinajstić information content (AvgIpc) is 2.72. The van der Waals surface area contributed by atoms with Crippen molar-refractivity contribution in [1.29, 1.82) is 0 Å². The predicted molar refractivity (Wildman–Crippen MR) is 72.4 cm³/mol. The van der Waals surface area contributed by atoms with Gasteiger partial charge in [-0.25, -0.2) is 0 Å². The molecule has 0 aromatic carbocycles. The number of H-pyrrole nitrogens is 1. The number of piperazine rings is 1. The first kappa shape index (κ1) is 14.3. The summed E-state index contributed by atoms with van der Waals surface area (Å²) >= 11 is 6.06. The van der Waals surface area contributed by atoms with Gasteiger partial charge in [0.15, 0.2) is 5.69 Å². The number of amides is 1. The second kappa shape index (κ2) is 5.90. The minimum Gasteiger partial charge on any atom is -0.396 e. The molecule has 1 aromatic rings. The van der Waals surface area contributed by atoms with Gasteiger partial charge in [0, 0.05) is 32.3 Å². The van der Waals surface area contributed by atoms with Crippen LogP contribution in [0, 0.1) is 6.92 Å². The Kier molecular flexibility index (Phi) is 4.44. The molecule has 0 spiro atoms. The van der Waals surface area contributed by atoms with E-state index in [-0.39, 0.29) is 24.2 Å². The number of nitrogens with zero attached hydrogens (tertiary/aromatic N) is 3. The molecule has 0 bridgehead atoms. The van der Waals surface area contributed by atoms with Gasteiger partial charge in [0.25, 0.3) is 5.91 Å². The van der Waals surface area contributed by atoms with Crippen LogP contribution in [0.3, 0.4) is 0 Å². The lowest BCUT2D eigenvalue weighted by Crippen LogP contribution is -2.53. The number of aryl methyl sites for hydroxylation is 1. The van der Waals surface area contributed by atoms with E-state index in [1.54, 1.807) is 11.8 Å². The van der Waals surface area contributed by atoms with E-state index in [9.17, 15) is 4.79 Å². The van der Waals surface area contributed by atoms with Crippen LogP contribution in [-0.2, 0) is 0 Å².